The van der Waals surface area contributed by atoms with E-state index in [0.717, 1.165) is 26.9 Å². The smallest absolute Gasteiger partial charge is 0.114 e. The Labute approximate surface area is 110 Å². The Hall–Kier alpha value is -0.900. The fraction of sp³-hybridized carbons (Fsp3) is 0.308. The molecule has 17 heavy (non-hydrogen) atoms. The van der Waals surface area contributed by atoms with E-state index in [1.165, 1.54) is 4.88 Å². The number of aromatic nitrogens is 1. The number of benzene rings is 1. The van der Waals surface area contributed by atoms with Gasteiger partial charge < -0.3 is 5.73 Å². The van der Waals surface area contributed by atoms with E-state index in [-0.39, 0.29) is 6.04 Å². The Balaban J connectivity index is 2.39. The first kappa shape index (κ1) is 12.6. The number of nitrogens with zero attached hydrogens (tertiary/aromatic N) is 1. The van der Waals surface area contributed by atoms with Gasteiger partial charge >= 0.3 is 0 Å². The van der Waals surface area contributed by atoms with Gasteiger partial charge in [0.25, 0.3) is 0 Å². The molecular weight excluding hydrogens is 252 g/mol. The van der Waals surface area contributed by atoms with Crippen LogP contribution in [-0.2, 0) is 0 Å². The van der Waals surface area contributed by atoms with Gasteiger partial charge in [0, 0.05) is 9.90 Å². The van der Waals surface area contributed by atoms with Crippen LogP contribution in [0, 0.1) is 20.8 Å². The van der Waals surface area contributed by atoms with Crippen LogP contribution in [0.25, 0.3) is 0 Å². The Morgan fingerprint density at radius 1 is 1.29 bits per heavy atom. The summed E-state index contributed by atoms with van der Waals surface area (Å²) in [5.41, 5.74) is 9.51. The second kappa shape index (κ2) is 4.77. The number of hydrogen-bond acceptors (Lipinski definition) is 3. The van der Waals surface area contributed by atoms with Crippen LogP contribution in [0.2, 0.25) is 5.02 Å². The Kier molecular flexibility index (Phi) is 3.52. The van der Waals surface area contributed by atoms with Crippen molar-refractivity contribution in [1.82, 2.24) is 4.98 Å². The number of thiazole rings is 1. The summed E-state index contributed by atoms with van der Waals surface area (Å²) in [5, 5.41) is 1.70. The van der Waals surface area contributed by atoms with E-state index in [1.807, 2.05) is 32.0 Å². The van der Waals surface area contributed by atoms with Gasteiger partial charge in [0.15, 0.2) is 0 Å². The minimum atomic E-state index is -0.162. The van der Waals surface area contributed by atoms with E-state index in [0.29, 0.717) is 0 Å². The molecule has 2 N–H and O–H groups in total. The van der Waals surface area contributed by atoms with Gasteiger partial charge in [0.1, 0.15) is 5.01 Å². The molecule has 2 aromatic rings. The SMILES string of the molecule is Cc1cc(Cl)ccc1C(N)c1nc(C)c(C)s1. The van der Waals surface area contributed by atoms with Crippen LogP contribution in [0.5, 0.6) is 0 Å². The predicted octanol–water partition coefficient (Wildman–Crippen LogP) is 3.77. The van der Waals surface area contributed by atoms with Gasteiger partial charge in [-0.3, -0.25) is 0 Å². The molecule has 0 amide bonds. The standard InChI is InChI=1S/C13H15ClN2S/c1-7-6-10(14)4-5-11(7)12(15)13-16-8(2)9(3)17-13/h4-6,12H,15H2,1-3H3. The molecule has 0 spiro atoms. The molecule has 0 saturated heterocycles. The van der Waals surface area contributed by atoms with E-state index in [1.54, 1.807) is 11.3 Å². The van der Waals surface area contributed by atoms with Crippen molar-refractivity contribution < 1.29 is 0 Å². The van der Waals surface area contributed by atoms with Crippen LogP contribution < -0.4 is 5.73 Å². The van der Waals surface area contributed by atoms with Gasteiger partial charge in [-0.1, -0.05) is 17.7 Å². The molecule has 2 nitrogen and oxygen atoms in total. The van der Waals surface area contributed by atoms with Crippen molar-refractivity contribution in [3.63, 3.8) is 0 Å². The van der Waals surface area contributed by atoms with Crippen LogP contribution in [0.1, 0.15) is 32.7 Å². The summed E-state index contributed by atoms with van der Waals surface area (Å²) in [4.78, 5) is 5.73. The third-order valence-corrected chi connectivity index (χ3v) is 4.27. The summed E-state index contributed by atoms with van der Waals surface area (Å²) >= 11 is 7.60. The molecule has 0 aliphatic heterocycles. The van der Waals surface area contributed by atoms with Crippen LogP contribution in [-0.4, -0.2) is 4.98 Å². The topological polar surface area (TPSA) is 38.9 Å². The zero-order valence-electron chi connectivity index (χ0n) is 10.1. The molecule has 4 heteroatoms. The highest BCUT2D eigenvalue weighted by atomic mass is 35.5. The summed E-state index contributed by atoms with van der Waals surface area (Å²) in [5.74, 6) is 0. The maximum absolute atomic E-state index is 6.25. The minimum Gasteiger partial charge on any atom is -0.318 e. The molecule has 1 aromatic carbocycles. The highest BCUT2D eigenvalue weighted by Gasteiger charge is 2.16. The van der Waals surface area contributed by atoms with Crippen molar-refractivity contribution in [2.45, 2.75) is 26.8 Å². The van der Waals surface area contributed by atoms with Crippen molar-refractivity contribution in [3.8, 4) is 0 Å². The minimum absolute atomic E-state index is 0.162. The second-order valence-electron chi connectivity index (χ2n) is 4.17. The van der Waals surface area contributed by atoms with Gasteiger partial charge in [0.2, 0.25) is 0 Å². The fourth-order valence-corrected chi connectivity index (χ4v) is 2.92. The largest absolute Gasteiger partial charge is 0.318 e. The molecule has 0 aliphatic carbocycles. The molecule has 1 atom stereocenters. The Morgan fingerprint density at radius 2 is 2.00 bits per heavy atom. The van der Waals surface area contributed by atoms with Gasteiger partial charge in [-0.05, 0) is 44.0 Å². The number of hydrogen-bond donors (Lipinski definition) is 1. The van der Waals surface area contributed by atoms with Crippen molar-refractivity contribution in [2.24, 2.45) is 5.73 Å². The molecule has 2 rings (SSSR count). The average Bonchev–Trinajstić information content (AvgIpc) is 2.58. The third kappa shape index (κ3) is 2.51. The van der Waals surface area contributed by atoms with E-state index in [4.69, 9.17) is 17.3 Å². The van der Waals surface area contributed by atoms with Crippen molar-refractivity contribution in [1.29, 1.82) is 0 Å². The van der Waals surface area contributed by atoms with E-state index < -0.39 is 0 Å². The van der Waals surface area contributed by atoms with Gasteiger partial charge in [-0.15, -0.1) is 11.3 Å². The predicted molar refractivity (Wildman–Crippen MR) is 73.8 cm³/mol. The first-order chi connectivity index (χ1) is 7.99. The average molecular weight is 267 g/mol. The van der Waals surface area contributed by atoms with E-state index >= 15 is 0 Å². The number of halogens is 1. The molecule has 0 radical (unpaired) electrons. The van der Waals surface area contributed by atoms with Gasteiger partial charge in [-0.25, -0.2) is 4.98 Å². The lowest BCUT2D eigenvalue weighted by molar-refractivity contribution is 0.843. The quantitative estimate of drug-likeness (QED) is 0.899. The van der Waals surface area contributed by atoms with Crippen LogP contribution in [0.3, 0.4) is 0 Å². The molecule has 0 fully saturated rings. The van der Waals surface area contributed by atoms with E-state index in [2.05, 4.69) is 11.9 Å². The highest BCUT2D eigenvalue weighted by molar-refractivity contribution is 7.11. The normalized spacial score (nSPS) is 12.8. The van der Waals surface area contributed by atoms with E-state index in [9.17, 15) is 0 Å². The lowest BCUT2D eigenvalue weighted by atomic mass is 10.0. The van der Waals surface area contributed by atoms with Gasteiger partial charge in [0.05, 0.1) is 11.7 Å². The molecular formula is C13H15ClN2S. The molecule has 0 aliphatic rings. The molecule has 90 valence electrons. The Bertz CT molecular complexity index is 529. The summed E-state index contributed by atoms with van der Waals surface area (Å²) < 4.78 is 0. The molecule has 0 bridgehead atoms. The Morgan fingerprint density at radius 3 is 2.53 bits per heavy atom. The van der Waals surface area contributed by atoms with Crippen LogP contribution >= 0.6 is 22.9 Å². The third-order valence-electron chi connectivity index (χ3n) is 2.88. The van der Waals surface area contributed by atoms with Crippen LogP contribution in [0.4, 0.5) is 0 Å². The zero-order valence-corrected chi connectivity index (χ0v) is 11.7. The van der Waals surface area contributed by atoms with Crippen molar-refractivity contribution in [3.05, 3.63) is 49.9 Å². The van der Waals surface area contributed by atoms with Crippen molar-refractivity contribution >= 4 is 22.9 Å². The molecule has 0 saturated carbocycles. The summed E-state index contributed by atoms with van der Waals surface area (Å²) in [6.07, 6.45) is 0. The second-order valence-corrected chi connectivity index (χ2v) is 5.84. The first-order valence-electron chi connectivity index (χ1n) is 5.44. The zero-order chi connectivity index (χ0) is 12.6. The number of aryl methyl sites for hydroxylation is 3. The highest BCUT2D eigenvalue weighted by Crippen LogP contribution is 2.28. The maximum Gasteiger partial charge on any atom is 0.114 e. The monoisotopic (exact) mass is 266 g/mol. The van der Waals surface area contributed by atoms with Gasteiger partial charge in [-0.2, -0.15) is 0 Å². The molecule has 1 unspecified atom stereocenters. The molecule has 1 heterocycles. The summed E-state index contributed by atoms with van der Waals surface area (Å²) in [6, 6.07) is 5.62. The summed E-state index contributed by atoms with van der Waals surface area (Å²) in [7, 11) is 0. The number of rotatable bonds is 2. The lowest BCUT2D eigenvalue weighted by Gasteiger charge is -2.12. The number of nitrogens with two attached hydrogens (primary N) is 1. The fourth-order valence-electron chi connectivity index (χ4n) is 1.75. The summed E-state index contributed by atoms with van der Waals surface area (Å²) in [6.45, 7) is 6.10. The lowest BCUT2D eigenvalue weighted by Crippen LogP contribution is -2.13. The first-order valence-corrected chi connectivity index (χ1v) is 6.64. The molecule has 1 aromatic heterocycles. The maximum atomic E-state index is 6.25. The van der Waals surface area contributed by atoms with Crippen LogP contribution in [0.15, 0.2) is 18.2 Å². The van der Waals surface area contributed by atoms with Crippen molar-refractivity contribution in [2.75, 3.05) is 0 Å².